The van der Waals surface area contributed by atoms with Gasteiger partial charge in [-0.15, -0.1) is 13.2 Å². The van der Waals surface area contributed by atoms with Crippen LogP contribution in [0.2, 0.25) is 0 Å². The summed E-state index contributed by atoms with van der Waals surface area (Å²) in [5, 5.41) is 2.90. The fraction of sp³-hybridized carbons (Fsp3) is 0.235. The third kappa shape index (κ3) is 6.62. The number of alkyl halides is 3. The largest absolute Gasteiger partial charge is 0.573 e. The van der Waals surface area contributed by atoms with Crippen LogP contribution in [-0.2, 0) is 13.1 Å². The van der Waals surface area contributed by atoms with E-state index in [0.717, 1.165) is 16.9 Å². The van der Waals surface area contributed by atoms with E-state index in [0.29, 0.717) is 13.1 Å². The van der Waals surface area contributed by atoms with Crippen LogP contribution in [0.5, 0.6) is 11.5 Å². The highest BCUT2D eigenvalue weighted by Crippen LogP contribution is 2.22. The molecule has 0 atom stereocenters. The second-order valence-corrected chi connectivity index (χ2v) is 5.10. The van der Waals surface area contributed by atoms with E-state index in [1.165, 1.54) is 24.3 Å². The Morgan fingerprint density at radius 3 is 2.44 bits per heavy atom. The molecule has 0 saturated carbocycles. The maximum Gasteiger partial charge on any atom is 0.573 e. The summed E-state index contributed by atoms with van der Waals surface area (Å²) in [5.74, 6) is 0.703. The molecule has 0 aromatic heterocycles. The van der Waals surface area contributed by atoms with Crippen LogP contribution in [0.4, 0.5) is 13.2 Å². The molecule has 2 rings (SSSR count). The number of aliphatic imine (C=N–C) groups is 1. The summed E-state index contributed by atoms with van der Waals surface area (Å²) >= 11 is 0. The molecule has 3 N–H and O–H groups in total. The molecule has 5 nitrogen and oxygen atoms in total. The third-order valence-electron chi connectivity index (χ3n) is 3.20. The van der Waals surface area contributed by atoms with Gasteiger partial charge in [-0.2, -0.15) is 0 Å². The zero-order chi connectivity index (χ0) is 18.3. The van der Waals surface area contributed by atoms with Crippen LogP contribution in [0.3, 0.4) is 0 Å². The number of benzene rings is 2. The predicted molar refractivity (Wildman–Crippen MR) is 88.3 cm³/mol. The maximum atomic E-state index is 12.1. The minimum atomic E-state index is -4.70. The first kappa shape index (κ1) is 18.4. The molecule has 0 radical (unpaired) electrons. The summed E-state index contributed by atoms with van der Waals surface area (Å²) in [7, 11) is 1.59. The summed E-state index contributed by atoms with van der Waals surface area (Å²) in [5.41, 5.74) is 7.47. The van der Waals surface area contributed by atoms with Gasteiger partial charge < -0.3 is 20.5 Å². The van der Waals surface area contributed by atoms with Crippen LogP contribution in [0.15, 0.2) is 53.5 Å². The first-order valence-corrected chi connectivity index (χ1v) is 7.37. The minimum Gasteiger partial charge on any atom is -0.497 e. The predicted octanol–water partition coefficient (Wildman–Crippen LogP) is 3.20. The van der Waals surface area contributed by atoms with Gasteiger partial charge in [0.15, 0.2) is 5.96 Å². The molecule has 0 spiro atoms. The quantitative estimate of drug-likeness (QED) is 0.618. The fourth-order valence-corrected chi connectivity index (χ4v) is 2.00. The number of hydrogen-bond acceptors (Lipinski definition) is 3. The summed E-state index contributed by atoms with van der Waals surface area (Å²) in [6.45, 7) is 0.716. The van der Waals surface area contributed by atoms with Crippen molar-refractivity contribution in [2.75, 3.05) is 7.11 Å². The van der Waals surface area contributed by atoms with Crippen molar-refractivity contribution < 1.29 is 22.6 Å². The van der Waals surface area contributed by atoms with E-state index >= 15 is 0 Å². The van der Waals surface area contributed by atoms with Gasteiger partial charge in [-0.05, 0) is 35.4 Å². The molecular formula is C17H18F3N3O2. The number of rotatable bonds is 6. The normalized spacial score (nSPS) is 11.9. The van der Waals surface area contributed by atoms with E-state index < -0.39 is 6.36 Å². The Kier molecular flexibility index (Phi) is 6.10. The molecule has 134 valence electrons. The highest BCUT2D eigenvalue weighted by Gasteiger charge is 2.30. The highest BCUT2D eigenvalue weighted by molar-refractivity contribution is 5.77. The highest BCUT2D eigenvalue weighted by atomic mass is 19.4. The molecule has 0 aliphatic heterocycles. The first-order chi connectivity index (χ1) is 11.9. The van der Waals surface area contributed by atoms with Crippen molar-refractivity contribution in [1.29, 1.82) is 0 Å². The van der Waals surface area contributed by atoms with Crippen LogP contribution < -0.4 is 20.5 Å². The lowest BCUT2D eigenvalue weighted by atomic mass is 10.2. The number of nitrogens with two attached hydrogens (primary N) is 1. The van der Waals surface area contributed by atoms with Crippen LogP contribution in [0, 0.1) is 0 Å². The summed E-state index contributed by atoms with van der Waals surface area (Å²) in [6, 6.07) is 13.0. The van der Waals surface area contributed by atoms with Gasteiger partial charge in [0.2, 0.25) is 0 Å². The van der Waals surface area contributed by atoms with Crippen molar-refractivity contribution in [3.63, 3.8) is 0 Å². The molecule has 0 amide bonds. The standard InChI is InChI=1S/C17H18F3N3O2/c1-24-15-4-2-3-13(9-15)11-23-16(21)22-10-12-5-7-14(8-6-12)25-17(18,19)20/h2-9H,10-11H2,1H3,(H3,21,22,23). The van der Waals surface area contributed by atoms with Crippen molar-refractivity contribution >= 4 is 5.96 Å². The van der Waals surface area contributed by atoms with E-state index in [4.69, 9.17) is 10.5 Å². The molecule has 0 heterocycles. The smallest absolute Gasteiger partial charge is 0.497 e. The van der Waals surface area contributed by atoms with Gasteiger partial charge >= 0.3 is 6.36 Å². The Labute approximate surface area is 143 Å². The molecule has 0 saturated heterocycles. The Hall–Kier alpha value is -2.90. The Bertz CT molecular complexity index is 716. The lowest BCUT2D eigenvalue weighted by Gasteiger charge is -2.10. The summed E-state index contributed by atoms with van der Waals surface area (Å²) in [6.07, 6.45) is -4.70. The Morgan fingerprint density at radius 1 is 1.08 bits per heavy atom. The van der Waals surface area contributed by atoms with Crippen molar-refractivity contribution in [1.82, 2.24) is 5.32 Å². The lowest BCUT2D eigenvalue weighted by Crippen LogP contribution is -2.31. The number of methoxy groups -OCH3 is 1. The lowest BCUT2D eigenvalue weighted by molar-refractivity contribution is -0.274. The van der Waals surface area contributed by atoms with Crippen molar-refractivity contribution in [3.05, 3.63) is 59.7 Å². The average molecular weight is 353 g/mol. The summed E-state index contributed by atoms with van der Waals surface area (Å²) < 4.78 is 45.2. The van der Waals surface area contributed by atoms with Gasteiger partial charge in [0.05, 0.1) is 13.7 Å². The maximum absolute atomic E-state index is 12.1. The zero-order valence-electron chi connectivity index (χ0n) is 13.5. The van der Waals surface area contributed by atoms with Gasteiger partial charge in [0.1, 0.15) is 11.5 Å². The van der Waals surface area contributed by atoms with E-state index in [9.17, 15) is 13.2 Å². The third-order valence-corrected chi connectivity index (χ3v) is 3.20. The summed E-state index contributed by atoms with van der Waals surface area (Å²) in [4.78, 5) is 4.21. The van der Waals surface area contributed by atoms with Crippen molar-refractivity contribution in [2.45, 2.75) is 19.5 Å². The van der Waals surface area contributed by atoms with E-state index in [-0.39, 0.29) is 11.7 Å². The topological polar surface area (TPSA) is 68.9 Å². The monoisotopic (exact) mass is 353 g/mol. The molecule has 0 unspecified atom stereocenters. The molecule has 0 fully saturated rings. The number of nitrogens with zero attached hydrogens (tertiary/aromatic N) is 1. The van der Waals surface area contributed by atoms with Crippen molar-refractivity contribution in [3.8, 4) is 11.5 Å². The zero-order valence-corrected chi connectivity index (χ0v) is 13.5. The fourth-order valence-electron chi connectivity index (χ4n) is 2.00. The molecule has 2 aromatic carbocycles. The number of halogens is 3. The molecule has 8 heteroatoms. The number of hydrogen-bond donors (Lipinski definition) is 2. The average Bonchev–Trinajstić information content (AvgIpc) is 2.58. The van der Waals surface area contributed by atoms with Crippen LogP contribution >= 0.6 is 0 Å². The van der Waals surface area contributed by atoms with E-state index in [1.54, 1.807) is 7.11 Å². The van der Waals surface area contributed by atoms with Gasteiger partial charge in [0, 0.05) is 6.54 Å². The van der Waals surface area contributed by atoms with Gasteiger partial charge in [-0.25, -0.2) is 4.99 Å². The second-order valence-electron chi connectivity index (χ2n) is 5.10. The van der Waals surface area contributed by atoms with Crippen LogP contribution in [0.1, 0.15) is 11.1 Å². The van der Waals surface area contributed by atoms with Gasteiger partial charge in [-0.3, -0.25) is 0 Å². The van der Waals surface area contributed by atoms with Gasteiger partial charge in [-0.1, -0.05) is 24.3 Å². The van der Waals surface area contributed by atoms with Crippen molar-refractivity contribution in [2.24, 2.45) is 10.7 Å². The van der Waals surface area contributed by atoms with E-state index in [1.807, 2.05) is 24.3 Å². The number of nitrogens with one attached hydrogen (secondary N) is 1. The Morgan fingerprint density at radius 2 is 1.80 bits per heavy atom. The Balaban J connectivity index is 1.85. The molecule has 25 heavy (non-hydrogen) atoms. The second kappa shape index (κ2) is 8.27. The van der Waals surface area contributed by atoms with Gasteiger partial charge in [0.25, 0.3) is 0 Å². The van der Waals surface area contributed by atoms with E-state index in [2.05, 4.69) is 15.0 Å². The van der Waals surface area contributed by atoms with Crippen LogP contribution in [0.25, 0.3) is 0 Å². The SMILES string of the molecule is COc1cccc(CN=C(N)NCc2ccc(OC(F)(F)F)cc2)c1. The molecule has 0 bridgehead atoms. The molecule has 2 aromatic rings. The van der Waals surface area contributed by atoms with Crippen LogP contribution in [-0.4, -0.2) is 19.4 Å². The molecule has 0 aliphatic rings. The number of ether oxygens (including phenoxy) is 2. The first-order valence-electron chi connectivity index (χ1n) is 7.37. The minimum absolute atomic E-state index is 0.235. The molecule has 0 aliphatic carbocycles. The number of guanidine groups is 1. The molecular weight excluding hydrogens is 335 g/mol.